The summed E-state index contributed by atoms with van der Waals surface area (Å²) in [5.41, 5.74) is 6.26. The number of hydrogen-bond acceptors (Lipinski definition) is 7. The summed E-state index contributed by atoms with van der Waals surface area (Å²) in [4.78, 5) is 21.4. The predicted molar refractivity (Wildman–Crippen MR) is 89.5 cm³/mol. The zero-order chi connectivity index (χ0) is 18.3. The van der Waals surface area contributed by atoms with E-state index in [9.17, 15) is 9.59 Å². The highest BCUT2D eigenvalue weighted by molar-refractivity contribution is 5.77. The fourth-order valence-electron chi connectivity index (χ4n) is 1.65. The van der Waals surface area contributed by atoms with Gasteiger partial charge in [0.2, 0.25) is 5.91 Å². The van der Waals surface area contributed by atoms with Gasteiger partial charge in [-0.15, -0.1) is 0 Å². The fraction of sp³-hybridized carbons (Fsp3) is 0.500. The Morgan fingerprint density at radius 3 is 2.24 bits per heavy atom. The van der Waals surface area contributed by atoms with Gasteiger partial charge < -0.3 is 35.1 Å². The van der Waals surface area contributed by atoms with Gasteiger partial charge in [0.25, 0.3) is 0 Å². The molecule has 1 amide bonds. The first kappa shape index (κ1) is 20.7. The van der Waals surface area contributed by atoms with Crippen molar-refractivity contribution in [2.45, 2.75) is 0 Å². The maximum atomic E-state index is 11.2. The third-order valence-corrected chi connectivity index (χ3v) is 2.78. The van der Waals surface area contributed by atoms with E-state index in [0.717, 1.165) is 5.75 Å². The Hall–Kier alpha value is -2.36. The molecule has 25 heavy (non-hydrogen) atoms. The number of aliphatic carboxylic acids is 1. The number of nitrogens with one attached hydrogen (secondary N) is 1. The summed E-state index contributed by atoms with van der Waals surface area (Å²) in [5.74, 6) is -0.770. The highest BCUT2D eigenvalue weighted by atomic mass is 16.5. The van der Waals surface area contributed by atoms with E-state index in [0.29, 0.717) is 45.3 Å². The van der Waals surface area contributed by atoms with Crippen molar-refractivity contribution in [2.24, 2.45) is 0 Å². The molecule has 0 fully saturated rings. The minimum atomic E-state index is -1.12. The number of amides is 1. The molecule has 1 rings (SSSR count). The maximum absolute atomic E-state index is 11.2. The van der Waals surface area contributed by atoms with Gasteiger partial charge in [-0.3, -0.25) is 4.79 Å². The molecule has 1 aromatic rings. The lowest BCUT2D eigenvalue weighted by molar-refractivity contribution is -0.143. The van der Waals surface area contributed by atoms with Crippen molar-refractivity contribution < 1.29 is 33.6 Å². The minimum absolute atomic E-state index is 0.288. The van der Waals surface area contributed by atoms with Crippen LogP contribution in [0.5, 0.6) is 5.75 Å². The lowest BCUT2D eigenvalue weighted by Crippen LogP contribution is -2.31. The molecular weight excluding hydrogens is 332 g/mol. The van der Waals surface area contributed by atoms with Gasteiger partial charge >= 0.3 is 5.97 Å². The van der Waals surface area contributed by atoms with Crippen LogP contribution in [-0.4, -0.2) is 69.8 Å². The average Bonchev–Trinajstić information content (AvgIpc) is 2.58. The summed E-state index contributed by atoms with van der Waals surface area (Å²) in [6, 6.07) is 7.11. The van der Waals surface area contributed by atoms with Crippen LogP contribution in [0.1, 0.15) is 0 Å². The van der Waals surface area contributed by atoms with Crippen LogP contribution in [-0.2, 0) is 23.8 Å². The van der Waals surface area contributed by atoms with Crippen LogP contribution in [0.4, 0.5) is 5.69 Å². The van der Waals surface area contributed by atoms with E-state index in [-0.39, 0.29) is 12.5 Å². The van der Waals surface area contributed by atoms with Crippen LogP contribution < -0.4 is 15.8 Å². The number of nitrogen functional groups attached to an aromatic ring is 1. The molecule has 9 nitrogen and oxygen atoms in total. The molecule has 0 aliphatic rings. The van der Waals surface area contributed by atoms with Gasteiger partial charge in [-0.05, 0) is 24.3 Å². The molecule has 0 saturated carbocycles. The van der Waals surface area contributed by atoms with Crippen molar-refractivity contribution in [2.75, 3.05) is 58.5 Å². The van der Waals surface area contributed by atoms with Crippen LogP contribution in [0.3, 0.4) is 0 Å². The van der Waals surface area contributed by atoms with Crippen LogP contribution in [0, 0.1) is 0 Å². The number of hydrogen-bond donors (Lipinski definition) is 3. The number of ether oxygens (including phenoxy) is 4. The Kier molecular flexibility index (Phi) is 10.7. The van der Waals surface area contributed by atoms with Crippen molar-refractivity contribution >= 4 is 17.6 Å². The molecule has 0 saturated heterocycles. The van der Waals surface area contributed by atoms with E-state index >= 15 is 0 Å². The van der Waals surface area contributed by atoms with Crippen LogP contribution in [0.15, 0.2) is 24.3 Å². The van der Waals surface area contributed by atoms with Crippen LogP contribution in [0.2, 0.25) is 0 Å². The molecule has 0 spiro atoms. The van der Waals surface area contributed by atoms with Crippen molar-refractivity contribution in [3.8, 4) is 5.75 Å². The van der Waals surface area contributed by atoms with Gasteiger partial charge in [0.15, 0.2) is 0 Å². The quantitative estimate of drug-likeness (QED) is 0.311. The fourth-order valence-corrected chi connectivity index (χ4v) is 1.65. The Labute approximate surface area is 146 Å². The highest BCUT2D eigenvalue weighted by Crippen LogP contribution is 2.12. The van der Waals surface area contributed by atoms with Gasteiger partial charge in [0, 0.05) is 12.2 Å². The molecule has 0 radical (unpaired) electrons. The van der Waals surface area contributed by atoms with Crippen molar-refractivity contribution in [1.82, 2.24) is 5.32 Å². The van der Waals surface area contributed by atoms with Gasteiger partial charge in [-0.1, -0.05) is 0 Å². The molecule has 0 bridgehead atoms. The Balaban J connectivity index is 1.85. The molecule has 0 aliphatic heterocycles. The number of anilines is 1. The highest BCUT2D eigenvalue weighted by Gasteiger charge is 2.02. The molecule has 1 aromatic carbocycles. The maximum Gasteiger partial charge on any atom is 0.329 e. The third-order valence-electron chi connectivity index (χ3n) is 2.78. The smallest absolute Gasteiger partial charge is 0.329 e. The first-order valence-electron chi connectivity index (χ1n) is 7.78. The number of carbonyl (C=O) groups excluding carboxylic acids is 1. The summed E-state index contributed by atoms with van der Waals surface area (Å²) >= 11 is 0. The minimum Gasteiger partial charge on any atom is -0.491 e. The second kappa shape index (κ2) is 13.0. The molecule has 0 aliphatic carbocycles. The van der Waals surface area contributed by atoms with E-state index in [1.54, 1.807) is 24.3 Å². The topological polar surface area (TPSA) is 129 Å². The lowest BCUT2D eigenvalue weighted by Gasteiger charge is -2.08. The standard InChI is InChI=1S/C16H24N2O7/c17-13-1-3-14(4-2-13)25-10-9-23-8-7-22-6-5-18-15(19)11-24-12-16(20)21/h1-4H,5-12,17H2,(H,18,19)(H,20,21). The second-order valence-electron chi connectivity index (χ2n) is 4.88. The van der Waals surface area contributed by atoms with Crippen LogP contribution in [0.25, 0.3) is 0 Å². The first-order chi connectivity index (χ1) is 12.1. The molecular formula is C16H24N2O7. The van der Waals surface area contributed by atoms with E-state index in [1.165, 1.54) is 0 Å². The number of nitrogens with two attached hydrogens (primary N) is 1. The Bertz CT molecular complexity index is 508. The van der Waals surface area contributed by atoms with Gasteiger partial charge in [0.05, 0.1) is 26.4 Å². The zero-order valence-electron chi connectivity index (χ0n) is 13.9. The average molecular weight is 356 g/mol. The summed E-state index contributed by atoms with van der Waals surface area (Å²) < 4.78 is 20.7. The van der Waals surface area contributed by atoms with E-state index < -0.39 is 12.6 Å². The molecule has 0 unspecified atom stereocenters. The number of carboxylic acid groups (broad SMARTS) is 1. The van der Waals surface area contributed by atoms with Crippen LogP contribution >= 0.6 is 0 Å². The molecule has 0 aromatic heterocycles. The number of carbonyl (C=O) groups is 2. The Morgan fingerprint density at radius 1 is 0.920 bits per heavy atom. The number of rotatable bonds is 14. The van der Waals surface area contributed by atoms with E-state index in [2.05, 4.69) is 10.1 Å². The lowest BCUT2D eigenvalue weighted by atomic mass is 10.3. The number of benzene rings is 1. The Morgan fingerprint density at radius 2 is 1.56 bits per heavy atom. The monoisotopic (exact) mass is 356 g/mol. The normalized spacial score (nSPS) is 10.4. The van der Waals surface area contributed by atoms with Crippen molar-refractivity contribution in [3.05, 3.63) is 24.3 Å². The number of carboxylic acids is 1. The zero-order valence-corrected chi connectivity index (χ0v) is 13.9. The third kappa shape index (κ3) is 11.8. The largest absolute Gasteiger partial charge is 0.491 e. The van der Waals surface area contributed by atoms with Gasteiger partial charge in [-0.2, -0.15) is 0 Å². The van der Waals surface area contributed by atoms with E-state index in [4.69, 9.17) is 25.1 Å². The summed E-state index contributed by atoms with van der Waals surface area (Å²) in [6.45, 7) is 1.54. The summed E-state index contributed by atoms with van der Waals surface area (Å²) in [7, 11) is 0. The summed E-state index contributed by atoms with van der Waals surface area (Å²) in [6.07, 6.45) is 0. The first-order valence-corrected chi connectivity index (χ1v) is 7.78. The second-order valence-corrected chi connectivity index (χ2v) is 4.88. The molecule has 0 heterocycles. The van der Waals surface area contributed by atoms with Crippen molar-refractivity contribution in [3.63, 3.8) is 0 Å². The summed E-state index contributed by atoms with van der Waals surface area (Å²) in [5, 5.41) is 10.9. The molecule has 140 valence electrons. The molecule has 0 atom stereocenters. The van der Waals surface area contributed by atoms with Crippen molar-refractivity contribution in [1.29, 1.82) is 0 Å². The SMILES string of the molecule is Nc1ccc(OCCOCCOCCNC(=O)COCC(=O)O)cc1. The molecule has 9 heteroatoms. The predicted octanol–water partition coefficient (Wildman–Crippen LogP) is -0.102. The van der Waals surface area contributed by atoms with E-state index in [1.807, 2.05) is 0 Å². The molecule has 4 N–H and O–H groups in total. The van der Waals surface area contributed by atoms with Gasteiger partial charge in [-0.25, -0.2) is 4.79 Å². The van der Waals surface area contributed by atoms with Gasteiger partial charge in [0.1, 0.15) is 25.6 Å².